The molecule has 1 unspecified atom stereocenters. The van der Waals surface area contributed by atoms with Crippen LogP contribution in [0.4, 0.5) is 51.2 Å². The van der Waals surface area contributed by atoms with E-state index < -0.39 is 29.6 Å². The zero-order valence-electron chi connectivity index (χ0n) is 33.3. The standard InChI is InChI=1S/C20H20F5N7.C18H21N7.C2H6/c21-19(22)4-8-32(12-19)17-29-14(18(11-26)2-6-27-7-3-18)10-16(31-17)30-15-9-13(1-5-28-15)20(23,24)25;1-12-3-6-20-16(7-12)23-17-8-15(13-4-5-19-9-13)22-18(24-17)14-10-21-25(2)11-14;1-2/h1,5,9-10,27H,2-4,6-8,12H2,(H,28,29,30,31);3,6-8,10-11,13,19H,4-5,9H2,1-2H3,(H,20,22,23,24);1-2H3. The van der Waals surface area contributed by atoms with Crippen molar-refractivity contribution >= 4 is 29.2 Å². The normalized spacial score (nSPS) is 18.2. The molecule has 0 aliphatic carbocycles. The molecule has 3 aliphatic rings. The summed E-state index contributed by atoms with van der Waals surface area (Å²) in [5, 5.41) is 26.7. The number of aromatic nitrogens is 8. The van der Waals surface area contributed by atoms with Gasteiger partial charge in [0.05, 0.1) is 41.3 Å². The van der Waals surface area contributed by atoms with Crippen molar-refractivity contribution in [2.24, 2.45) is 7.05 Å². The molecule has 0 amide bonds. The average molecular weight is 819 g/mol. The van der Waals surface area contributed by atoms with E-state index in [0.29, 0.717) is 43.4 Å². The molecule has 14 nitrogen and oxygen atoms in total. The molecule has 0 bridgehead atoms. The Morgan fingerprint density at radius 3 is 2.19 bits per heavy atom. The number of piperidine rings is 1. The largest absolute Gasteiger partial charge is 0.416 e. The van der Waals surface area contributed by atoms with Crippen LogP contribution in [0, 0.1) is 18.3 Å². The number of rotatable bonds is 8. The highest BCUT2D eigenvalue weighted by Crippen LogP contribution is 2.37. The minimum absolute atomic E-state index is 0.00214. The van der Waals surface area contributed by atoms with Crippen molar-refractivity contribution in [1.29, 1.82) is 5.26 Å². The van der Waals surface area contributed by atoms with E-state index in [9.17, 15) is 27.2 Å². The number of pyridine rings is 2. The molecule has 312 valence electrons. The fourth-order valence-corrected chi connectivity index (χ4v) is 6.92. The molecule has 4 N–H and O–H groups in total. The Labute approximate surface area is 339 Å². The van der Waals surface area contributed by atoms with Crippen LogP contribution in [-0.4, -0.2) is 84.9 Å². The minimum atomic E-state index is -4.55. The molecule has 0 spiro atoms. The Bertz CT molecular complexity index is 2230. The Kier molecular flexibility index (Phi) is 13.3. The van der Waals surface area contributed by atoms with Crippen LogP contribution in [0.5, 0.6) is 0 Å². The number of nitrogens with zero attached hydrogens (tertiary/aromatic N) is 10. The van der Waals surface area contributed by atoms with Gasteiger partial charge in [-0.25, -0.2) is 33.7 Å². The summed E-state index contributed by atoms with van der Waals surface area (Å²) in [4.78, 5) is 27.7. The molecule has 0 aromatic carbocycles. The molecule has 0 saturated carbocycles. The van der Waals surface area contributed by atoms with Crippen molar-refractivity contribution in [3.8, 4) is 17.5 Å². The van der Waals surface area contributed by atoms with Gasteiger partial charge in [0.2, 0.25) is 5.95 Å². The summed E-state index contributed by atoms with van der Waals surface area (Å²) in [6, 6.07) is 11.5. The fraction of sp³-hybridized carbons (Fsp3) is 0.450. The van der Waals surface area contributed by atoms with Crippen LogP contribution in [0.15, 0.2) is 61.2 Å². The lowest BCUT2D eigenvalue weighted by atomic mass is 9.77. The Morgan fingerprint density at radius 1 is 0.864 bits per heavy atom. The van der Waals surface area contributed by atoms with Gasteiger partial charge < -0.3 is 26.2 Å². The predicted molar refractivity (Wildman–Crippen MR) is 214 cm³/mol. The maximum atomic E-state index is 13.8. The van der Waals surface area contributed by atoms with Crippen LogP contribution in [0.1, 0.15) is 68.0 Å². The van der Waals surface area contributed by atoms with Gasteiger partial charge in [0, 0.05) is 63.2 Å². The van der Waals surface area contributed by atoms with E-state index >= 15 is 0 Å². The van der Waals surface area contributed by atoms with Gasteiger partial charge in [-0.05, 0) is 75.6 Å². The van der Waals surface area contributed by atoms with Gasteiger partial charge in [-0.15, -0.1) is 0 Å². The molecule has 5 aromatic heterocycles. The maximum Gasteiger partial charge on any atom is 0.416 e. The number of nitriles is 1. The zero-order valence-corrected chi connectivity index (χ0v) is 33.3. The number of aryl methyl sites for hydroxylation is 2. The molecule has 8 rings (SSSR count). The second-order valence-corrected chi connectivity index (χ2v) is 14.4. The van der Waals surface area contributed by atoms with E-state index in [1.54, 1.807) is 17.1 Å². The molecule has 1 atom stereocenters. The van der Waals surface area contributed by atoms with Crippen LogP contribution < -0.4 is 26.2 Å². The summed E-state index contributed by atoms with van der Waals surface area (Å²) in [5.74, 6) is -0.282. The molecule has 19 heteroatoms. The van der Waals surface area contributed by atoms with E-state index in [4.69, 9.17) is 4.98 Å². The number of hydrogen-bond donors (Lipinski definition) is 4. The summed E-state index contributed by atoms with van der Waals surface area (Å²) in [6.45, 7) is 8.63. The molecular weight excluding hydrogens is 772 g/mol. The third-order valence-corrected chi connectivity index (χ3v) is 10.0. The third-order valence-electron chi connectivity index (χ3n) is 10.0. The first kappa shape index (κ1) is 42.7. The topological polar surface area (TPSA) is 170 Å². The summed E-state index contributed by atoms with van der Waals surface area (Å²) in [6.07, 6.45) is 3.62. The average Bonchev–Trinajstić information content (AvgIpc) is 4.01. The number of nitrogens with one attached hydrogen (secondary N) is 4. The van der Waals surface area contributed by atoms with Crippen molar-refractivity contribution in [2.75, 3.05) is 54.8 Å². The number of hydrogen-bond acceptors (Lipinski definition) is 13. The fourth-order valence-electron chi connectivity index (χ4n) is 6.92. The Morgan fingerprint density at radius 2 is 1.58 bits per heavy atom. The van der Waals surface area contributed by atoms with Crippen LogP contribution in [-0.2, 0) is 18.6 Å². The smallest absolute Gasteiger partial charge is 0.334 e. The summed E-state index contributed by atoms with van der Waals surface area (Å²) >= 11 is 0. The molecule has 3 saturated heterocycles. The van der Waals surface area contributed by atoms with Crippen LogP contribution in [0.2, 0.25) is 0 Å². The van der Waals surface area contributed by atoms with Gasteiger partial charge in [-0.3, -0.25) is 4.68 Å². The number of alkyl halides is 5. The van der Waals surface area contributed by atoms with Crippen molar-refractivity contribution in [3.63, 3.8) is 0 Å². The van der Waals surface area contributed by atoms with E-state index in [2.05, 4.69) is 57.4 Å². The molecule has 3 aliphatic heterocycles. The first-order valence-electron chi connectivity index (χ1n) is 19.5. The molecule has 0 radical (unpaired) electrons. The highest BCUT2D eigenvalue weighted by molar-refractivity contribution is 5.60. The molecular formula is C40H47F5N14. The van der Waals surface area contributed by atoms with Crippen molar-refractivity contribution in [3.05, 3.63) is 83.7 Å². The maximum absolute atomic E-state index is 13.8. The number of anilines is 5. The lowest BCUT2D eigenvalue weighted by Gasteiger charge is -2.31. The van der Waals surface area contributed by atoms with Crippen LogP contribution >= 0.6 is 0 Å². The second kappa shape index (κ2) is 18.4. The van der Waals surface area contributed by atoms with Gasteiger partial charge >= 0.3 is 6.18 Å². The quantitative estimate of drug-likeness (QED) is 0.118. The summed E-state index contributed by atoms with van der Waals surface area (Å²) in [7, 11) is 1.89. The van der Waals surface area contributed by atoms with Gasteiger partial charge in [-0.2, -0.15) is 28.5 Å². The van der Waals surface area contributed by atoms with Crippen molar-refractivity contribution in [1.82, 2.24) is 50.3 Å². The first-order chi connectivity index (χ1) is 28.3. The molecule has 3 fully saturated rings. The van der Waals surface area contributed by atoms with E-state index in [-0.39, 0.29) is 30.5 Å². The highest BCUT2D eigenvalue weighted by atomic mass is 19.4. The molecule has 5 aromatic rings. The van der Waals surface area contributed by atoms with Gasteiger partial charge in [0.15, 0.2) is 5.82 Å². The lowest BCUT2D eigenvalue weighted by molar-refractivity contribution is -0.137. The molecule has 8 heterocycles. The first-order valence-corrected chi connectivity index (χ1v) is 19.5. The zero-order chi connectivity index (χ0) is 42.2. The lowest BCUT2D eigenvalue weighted by Crippen LogP contribution is -2.40. The third kappa shape index (κ3) is 10.8. The van der Waals surface area contributed by atoms with Gasteiger partial charge in [0.25, 0.3) is 5.92 Å². The van der Waals surface area contributed by atoms with Gasteiger partial charge in [-0.1, -0.05) is 13.8 Å². The van der Waals surface area contributed by atoms with Crippen molar-refractivity contribution < 1.29 is 22.0 Å². The van der Waals surface area contributed by atoms with Crippen LogP contribution in [0.25, 0.3) is 11.4 Å². The van der Waals surface area contributed by atoms with Crippen molar-refractivity contribution in [2.45, 2.75) is 69.9 Å². The molecule has 59 heavy (non-hydrogen) atoms. The Balaban J connectivity index is 0.000000195. The van der Waals surface area contributed by atoms with Gasteiger partial charge in [0.1, 0.15) is 28.7 Å². The highest BCUT2D eigenvalue weighted by Gasteiger charge is 2.41. The van der Waals surface area contributed by atoms with E-state index in [0.717, 1.165) is 66.3 Å². The second-order valence-electron chi connectivity index (χ2n) is 14.4. The Hall–Kier alpha value is -5.87. The van der Waals surface area contributed by atoms with Crippen LogP contribution in [0.3, 0.4) is 0 Å². The SMILES string of the molecule is CC.Cc1ccnc(Nc2cc(C3CCNC3)nc(-c3cnn(C)c3)n2)c1.N#CC1(c2cc(Nc3cc(C(F)(F)F)ccn3)nc(N3CCC(F)(F)C3)n2)CCNCC1. The van der Waals surface area contributed by atoms with E-state index in [1.807, 2.05) is 52.2 Å². The monoisotopic (exact) mass is 818 g/mol. The number of halogens is 5. The minimum Gasteiger partial charge on any atom is -0.334 e. The predicted octanol–water partition coefficient (Wildman–Crippen LogP) is 7.05. The van der Waals surface area contributed by atoms with E-state index in [1.165, 1.54) is 11.0 Å². The summed E-state index contributed by atoms with van der Waals surface area (Å²) < 4.78 is 68.5. The summed E-state index contributed by atoms with van der Waals surface area (Å²) in [5.41, 5.74) is 1.61.